The first-order valence-electron chi connectivity index (χ1n) is 20.7. The van der Waals surface area contributed by atoms with Crippen molar-refractivity contribution in [1.82, 2.24) is 19.9 Å². The van der Waals surface area contributed by atoms with E-state index in [4.69, 9.17) is 26.0 Å². The predicted octanol–water partition coefficient (Wildman–Crippen LogP) is 10.4. The Hall–Kier alpha value is -8.86. The summed E-state index contributed by atoms with van der Waals surface area (Å²) in [6, 6.07) is 43.8. The van der Waals surface area contributed by atoms with E-state index in [-0.39, 0.29) is 35.6 Å². The van der Waals surface area contributed by atoms with Crippen LogP contribution in [0.4, 0.5) is 0 Å². The molecule has 0 saturated heterocycles. The summed E-state index contributed by atoms with van der Waals surface area (Å²) in [4.78, 5) is 46.4. The molecule has 4 heterocycles. The summed E-state index contributed by atoms with van der Waals surface area (Å²) in [5.41, 5.74) is 6.69. The van der Waals surface area contributed by atoms with Gasteiger partial charge >= 0.3 is 11.9 Å². The van der Waals surface area contributed by atoms with Crippen molar-refractivity contribution in [3.8, 4) is 40.1 Å². The normalized spacial score (nSPS) is 12.2. The van der Waals surface area contributed by atoms with Crippen molar-refractivity contribution in [3.63, 3.8) is 0 Å². The molecule has 0 aliphatic rings. The highest BCUT2D eigenvalue weighted by molar-refractivity contribution is 6.08. The number of aromatic nitrogens is 4. The highest BCUT2D eigenvalue weighted by atomic mass is 16.5. The molecule has 2 N–H and O–H groups in total. The smallest absolute Gasteiger partial charge is 0.310 e. The molecule has 8 aromatic rings. The summed E-state index contributed by atoms with van der Waals surface area (Å²) in [6.45, 7) is 12.1. The molecule has 0 fully saturated rings. The van der Waals surface area contributed by atoms with Gasteiger partial charge in [-0.3, -0.25) is 19.6 Å². The van der Waals surface area contributed by atoms with Crippen molar-refractivity contribution in [2.45, 2.75) is 26.7 Å². The van der Waals surface area contributed by atoms with E-state index in [9.17, 15) is 14.9 Å². The second-order valence-electron chi connectivity index (χ2n) is 14.5. The van der Waals surface area contributed by atoms with Crippen LogP contribution in [-0.2, 0) is 9.59 Å². The Morgan fingerprint density at radius 3 is 1.55 bits per heavy atom. The van der Waals surface area contributed by atoms with E-state index in [1.54, 1.807) is 50.5 Å². The summed E-state index contributed by atoms with van der Waals surface area (Å²) < 4.78 is 11.8. The highest BCUT2D eigenvalue weighted by Crippen LogP contribution is 2.38. The Kier molecular flexibility index (Phi) is 12.6. The van der Waals surface area contributed by atoms with Gasteiger partial charge in [-0.05, 0) is 70.8 Å². The van der Waals surface area contributed by atoms with Crippen LogP contribution in [0.25, 0.3) is 73.7 Å². The SMILES string of the molecule is [C-]#[N+]/C(c1cc(/C=C/c2ccccc2)ccn1)=c1/[nH]c(-c2ccccc2OC(=O)CC)c2/c(=C(\C#N)c3cc(/C=C/c4ccccc4)ccn3)[nH]c(-c3ccccc3OC(=O)CC)c12. The number of esters is 2. The maximum Gasteiger partial charge on any atom is 0.310 e. The van der Waals surface area contributed by atoms with Crippen molar-refractivity contribution in [1.29, 1.82) is 5.26 Å². The van der Waals surface area contributed by atoms with Gasteiger partial charge in [0, 0.05) is 47.1 Å². The van der Waals surface area contributed by atoms with Crippen molar-refractivity contribution < 1.29 is 19.1 Å². The summed E-state index contributed by atoms with van der Waals surface area (Å²) in [5.74, 6) is -0.335. The van der Waals surface area contributed by atoms with Crippen LogP contribution in [0.5, 0.6) is 11.5 Å². The fourth-order valence-electron chi connectivity index (χ4n) is 7.30. The third-order valence-electron chi connectivity index (χ3n) is 10.4. The topological polar surface area (TPSA) is 138 Å². The molecule has 0 amide bonds. The standard InChI is InChI=1S/C54H40N6O4/c1-4-46(61)63-44-22-14-12-20-39(44)50-48-49(54(60-50)53(56-3)43-33-38(29-31-58-43)27-25-36-18-10-7-11-19-36)51(40-21-13-15-23-45(40)64-47(62)5-2)59-52(48)41(34-55)42-32-37(28-30-57-42)26-24-35-16-8-6-9-17-35/h6-33,59-60H,4-5H2,1-2H3/b26-24+,27-25+,52-41-,54-53+. The zero-order valence-electron chi connectivity index (χ0n) is 35.0. The molecule has 4 aromatic heterocycles. The first-order valence-corrected chi connectivity index (χ1v) is 20.7. The zero-order chi connectivity index (χ0) is 44.4. The lowest BCUT2D eigenvalue weighted by Crippen LogP contribution is -2.12. The number of rotatable bonds is 12. The van der Waals surface area contributed by atoms with E-state index in [1.165, 1.54) is 0 Å². The van der Waals surface area contributed by atoms with Crippen molar-refractivity contribution in [3.05, 3.63) is 202 Å². The molecule has 0 unspecified atom stereocenters. The maximum absolute atomic E-state index is 12.9. The van der Waals surface area contributed by atoms with Gasteiger partial charge in [0.25, 0.3) is 0 Å². The van der Waals surface area contributed by atoms with E-state index in [0.29, 0.717) is 55.4 Å². The molecular formula is C54H40N6O4. The molecule has 0 aliphatic heterocycles. The van der Waals surface area contributed by atoms with Crippen molar-refractivity contribution in [2.24, 2.45) is 0 Å². The minimum absolute atomic E-state index is 0.135. The molecule has 64 heavy (non-hydrogen) atoms. The van der Waals surface area contributed by atoms with Crippen LogP contribution in [0.15, 0.2) is 146 Å². The number of carbonyl (C=O) groups excluding carboxylic acids is 2. The molecule has 0 radical (unpaired) electrons. The second kappa shape index (κ2) is 19.2. The molecule has 10 nitrogen and oxygen atoms in total. The number of nitrogens with zero attached hydrogens (tertiary/aromatic N) is 4. The number of pyridine rings is 2. The van der Waals surface area contributed by atoms with Crippen molar-refractivity contribution >= 4 is 58.3 Å². The number of nitriles is 1. The van der Waals surface area contributed by atoms with E-state index >= 15 is 0 Å². The quantitative estimate of drug-likeness (QED) is 0.0710. The van der Waals surface area contributed by atoms with E-state index in [1.807, 2.05) is 133 Å². The fraction of sp³-hybridized carbons (Fsp3) is 0.0741. The number of hydrogen-bond donors (Lipinski definition) is 2. The number of carbonyl (C=O) groups is 2. The van der Waals surface area contributed by atoms with Crippen LogP contribution < -0.4 is 20.2 Å². The highest BCUT2D eigenvalue weighted by Gasteiger charge is 2.26. The van der Waals surface area contributed by atoms with Gasteiger partial charge in [0.05, 0.1) is 40.0 Å². The van der Waals surface area contributed by atoms with Crippen LogP contribution in [0.1, 0.15) is 60.3 Å². The lowest BCUT2D eigenvalue weighted by atomic mass is 10.0. The summed E-state index contributed by atoms with van der Waals surface area (Å²) >= 11 is 0. The molecule has 8 rings (SSSR count). The number of ether oxygens (including phenoxy) is 2. The number of hydrogen-bond acceptors (Lipinski definition) is 7. The molecule has 0 bridgehead atoms. The zero-order valence-corrected chi connectivity index (χ0v) is 35.0. The van der Waals surface area contributed by atoms with Crippen LogP contribution >= 0.6 is 0 Å². The Morgan fingerprint density at radius 1 is 0.609 bits per heavy atom. The van der Waals surface area contributed by atoms with Gasteiger partial charge in [-0.15, -0.1) is 0 Å². The van der Waals surface area contributed by atoms with Crippen LogP contribution in [-0.4, -0.2) is 31.9 Å². The van der Waals surface area contributed by atoms with E-state index in [2.05, 4.69) is 20.9 Å². The third kappa shape index (κ3) is 8.94. The Bertz CT molecular complexity index is 3090. The lowest BCUT2D eigenvalue weighted by Gasteiger charge is -2.09. The Balaban J connectivity index is 1.49. The number of nitrogens with one attached hydrogen (secondary N) is 2. The van der Waals surface area contributed by atoms with Crippen molar-refractivity contribution in [2.75, 3.05) is 0 Å². The predicted molar refractivity (Wildman–Crippen MR) is 251 cm³/mol. The lowest BCUT2D eigenvalue weighted by molar-refractivity contribution is -0.134. The number of fused-ring (bicyclic) bond motifs is 1. The average Bonchev–Trinajstić information content (AvgIpc) is 3.91. The number of benzene rings is 4. The summed E-state index contributed by atoms with van der Waals surface area (Å²) in [7, 11) is 0. The van der Waals surface area contributed by atoms with Gasteiger partial charge < -0.3 is 19.4 Å². The van der Waals surface area contributed by atoms with Gasteiger partial charge in [0.15, 0.2) is 0 Å². The first-order chi connectivity index (χ1) is 31.4. The Labute approximate surface area is 369 Å². The van der Waals surface area contributed by atoms with Gasteiger partial charge in [0.2, 0.25) is 5.70 Å². The molecular weight excluding hydrogens is 797 g/mol. The largest absolute Gasteiger partial charge is 0.426 e. The molecule has 0 atom stereocenters. The van der Waals surface area contributed by atoms with Crippen LogP contribution in [0, 0.1) is 17.9 Å². The molecule has 10 heteroatoms. The van der Waals surface area contributed by atoms with Gasteiger partial charge in [0.1, 0.15) is 23.1 Å². The minimum Gasteiger partial charge on any atom is -0.426 e. The monoisotopic (exact) mass is 836 g/mol. The van der Waals surface area contributed by atoms with Crippen LogP contribution in [0.2, 0.25) is 0 Å². The molecule has 0 aliphatic carbocycles. The summed E-state index contributed by atoms with van der Waals surface area (Å²) in [6.07, 6.45) is 11.5. The van der Waals surface area contributed by atoms with Crippen LogP contribution in [0.3, 0.4) is 0 Å². The first kappa shape index (κ1) is 41.9. The Morgan fingerprint density at radius 2 is 1.05 bits per heavy atom. The number of para-hydroxylation sites is 2. The molecule has 0 spiro atoms. The average molecular weight is 837 g/mol. The van der Waals surface area contributed by atoms with Gasteiger partial charge in [-0.2, -0.15) is 5.26 Å². The number of aromatic amines is 2. The van der Waals surface area contributed by atoms with Gasteiger partial charge in [-0.1, -0.05) is 123 Å². The fourth-order valence-corrected chi connectivity index (χ4v) is 7.30. The van der Waals surface area contributed by atoms with Gasteiger partial charge in [-0.25, -0.2) is 4.85 Å². The van der Waals surface area contributed by atoms with E-state index in [0.717, 1.165) is 22.3 Å². The molecule has 0 saturated carbocycles. The second-order valence-corrected chi connectivity index (χ2v) is 14.5. The third-order valence-corrected chi connectivity index (χ3v) is 10.4. The molecule has 310 valence electrons. The van der Waals surface area contributed by atoms with E-state index < -0.39 is 11.9 Å². The maximum atomic E-state index is 12.9. The number of H-pyrrole nitrogens is 2. The summed E-state index contributed by atoms with van der Waals surface area (Å²) in [5, 5.41) is 12.9. The minimum atomic E-state index is -0.441. The molecule has 4 aromatic carbocycles.